The van der Waals surface area contributed by atoms with Gasteiger partial charge in [0.15, 0.2) is 0 Å². The van der Waals surface area contributed by atoms with Gasteiger partial charge >= 0.3 is 37.7 Å². The maximum Gasteiger partial charge on any atom is 2.00 e. The van der Waals surface area contributed by atoms with Crippen LogP contribution in [0, 0.1) is 23.7 Å². The number of aliphatic hydroxyl groups excluding tert-OH is 2. The van der Waals surface area contributed by atoms with Gasteiger partial charge in [0.05, 0.1) is 18.1 Å². The molecule has 0 bridgehead atoms. The fraction of sp³-hybridized carbons (Fsp3) is 0.921. The van der Waals surface area contributed by atoms with Gasteiger partial charge in [0.1, 0.15) is 0 Å². The number of amides is 3. The smallest absolute Gasteiger partial charge is 0.550 e. The van der Waals surface area contributed by atoms with Crippen LogP contribution in [0.2, 0.25) is 0 Å². The molecule has 76 heavy (non-hydrogen) atoms. The van der Waals surface area contributed by atoms with Gasteiger partial charge in [-0.15, -0.1) is 0 Å². The summed E-state index contributed by atoms with van der Waals surface area (Å²) >= 11 is 0. The number of carbonyl (C=O) groups is 5. The van der Waals surface area contributed by atoms with Crippen LogP contribution >= 0.6 is 0 Å². The van der Waals surface area contributed by atoms with E-state index in [1.54, 1.807) is 0 Å². The van der Waals surface area contributed by atoms with Gasteiger partial charge in [-0.05, 0) is 146 Å². The molecule has 0 aromatic rings. The standard InChI is InChI=1S/C27H47N3O3.2C18H36O3.Ca/c1-18-4-10-22(11-5-18)28-25(31)16-21(27(33)30-24-14-8-20(3)9-15-24)17-26(32)29-23-12-6-19(2)7-13-23;2*1-2-3-4-11-14-17(19)15-12-9-7-5-6-8-10-13-16-18(20)21;/h18-24H,4-17H2,1-3H3,(H,28,31)(H,29,32)(H,30,33);2*17,19H,2-16H2,1H3,(H,20,21);/q;;;+2/p-2. The molecule has 0 aromatic heterocycles. The van der Waals surface area contributed by atoms with E-state index in [9.17, 15) is 44.4 Å². The van der Waals surface area contributed by atoms with E-state index in [1.807, 2.05) is 0 Å². The molecule has 440 valence electrons. The first-order valence-corrected chi connectivity index (χ1v) is 31.8. The van der Waals surface area contributed by atoms with E-state index in [-0.39, 0.29) is 111 Å². The van der Waals surface area contributed by atoms with Crippen molar-refractivity contribution in [3.05, 3.63) is 0 Å². The van der Waals surface area contributed by atoms with Crippen molar-refractivity contribution in [3.63, 3.8) is 0 Å². The van der Waals surface area contributed by atoms with Crippen molar-refractivity contribution in [2.45, 2.75) is 347 Å². The Kier molecular flexibility index (Phi) is 49.5. The third-order valence-corrected chi connectivity index (χ3v) is 16.5. The summed E-state index contributed by atoms with van der Waals surface area (Å²) in [5.41, 5.74) is 0. The Bertz CT molecular complexity index is 1330. The summed E-state index contributed by atoms with van der Waals surface area (Å²) in [6.45, 7) is 11.2. The minimum atomic E-state index is -0.928. The third kappa shape index (κ3) is 45.3. The summed E-state index contributed by atoms with van der Waals surface area (Å²) in [6.07, 6.45) is 44.8. The van der Waals surface area contributed by atoms with Gasteiger partial charge in [0.25, 0.3) is 0 Å². The number of hydrogen-bond donors (Lipinski definition) is 5. The quantitative estimate of drug-likeness (QED) is 0.0292. The van der Waals surface area contributed by atoms with Crippen molar-refractivity contribution in [1.29, 1.82) is 0 Å². The van der Waals surface area contributed by atoms with Gasteiger partial charge < -0.3 is 46.0 Å². The topological polar surface area (TPSA) is 208 Å². The molecular formula is C63H117CaN3O9. The Morgan fingerprint density at radius 3 is 0.921 bits per heavy atom. The Labute approximate surface area is 495 Å². The molecule has 0 saturated heterocycles. The van der Waals surface area contributed by atoms with Crippen LogP contribution in [-0.4, -0.2) is 108 Å². The van der Waals surface area contributed by atoms with Crippen LogP contribution in [0.15, 0.2) is 0 Å². The molecule has 2 atom stereocenters. The molecule has 3 fully saturated rings. The molecule has 3 aliphatic carbocycles. The van der Waals surface area contributed by atoms with Crippen molar-refractivity contribution in [3.8, 4) is 0 Å². The van der Waals surface area contributed by atoms with Crippen LogP contribution in [0.25, 0.3) is 0 Å². The maximum atomic E-state index is 13.2. The Hall–Kier alpha value is -1.47. The molecule has 12 nitrogen and oxygen atoms in total. The second-order valence-corrected chi connectivity index (χ2v) is 24.1. The molecule has 3 rings (SSSR count). The SMILES string of the molecule is CC1CCC(NC(=O)CC(CC(=O)NC2CCC(C)CC2)C(=O)NC2CCC(C)CC2)CC1.CCCCCCC(O)CCCCCCCCCCC(=O)[O-].CCCCCCC(O)CCCCCCCCCCC(=O)[O-].[Ca+2]. The zero-order valence-corrected chi connectivity index (χ0v) is 52.0. The molecule has 3 amide bonds. The minimum Gasteiger partial charge on any atom is -0.550 e. The Morgan fingerprint density at radius 2 is 0.645 bits per heavy atom. The molecule has 0 radical (unpaired) electrons. The molecular weight excluding hydrogens is 983 g/mol. The average Bonchev–Trinajstić information content (AvgIpc) is 3.37. The average molecular weight is 1100 g/mol. The van der Waals surface area contributed by atoms with Crippen molar-refractivity contribution < 1.29 is 44.4 Å². The number of aliphatic hydroxyl groups is 2. The largest absolute Gasteiger partial charge is 2.00 e. The van der Waals surface area contributed by atoms with Crippen molar-refractivity contribution in [1.82, 2.24) is 16.0 Å². The van der Waals surface area contributed by atoms with Gasteiger partial charge in [-0.1, -0.05) is 176 Å². The molecule has 5 N–H and O–H groups in total. The van der Waals surface area contributed by atoms with E-state index in [4.69, 9.17) is 0 Å². The number of carboxylic acids is 2. The van der Waals surface area contributed by atoms with Crippen LogP contribution in [-0.2, 0) is 24.0 Å². The van der Waals surface area contributed by atoms with Gasteiger partial charge in [0.2, 0.25) is 17.7 Å². The van der Waals surface area contributed by atoms with E-state index in [0.717, 1.165) is 166 Å². The molecule has 3 aliphatic rings. The summed E-state index contributed by atoms with van der Waals surface area (Å²) in [4.78, 5) is 59.3. The summed E-state index contributed by atoms with van der Waals surface area (Å²) in [6, 6.07) is 0.576. The summed E-state index contributed by atoms with van der Waals surface area (Å²) in [5, 5.41) is 49.6. The number of carboxylic acid groups (broad SMARTS) is 2. The van der Waals surface area contributed by atoms with Crippen LogP contribution in [0.3, 0.4) is 0 Å². The number of aliphatic carboxylic acids is 2. The second kappa shape index (κ2) is 50.5. The van der Waals surface area contributed by atoms with Crippen molar-refractivity contribution >= 4 is 67.4 Å². The molecule has 3 saturated carbocycles. The first kappa shape index (κ1) is 74.5. The van der Waals surface area contributed by atoms with E-state index in [0.29, 0.717) is 5.92 Å². The number of nitrogens with one attached hydrogen (secondary N) is 3. The summed E-state index contributed by atoms with van der Waals surface area (Å²) < 4.78 is 0. The fourth-order valence-electron chi connectivity index (χ4n) is 11.1. The van der Waals surface area contributed by atoms with E-state index >= 15 is 0 Å². The van der Waals surface area contributed by atoms with Crippen LogP contribution in [0.4, 0.5) is 0 Å². The minimum absolute atomic E-state index is 0. The Balaban J connectivity index is 0.00000116. The summed E-state index contributed by atoms with van der Waals surface area (Å²) in [7, 11) is 0. The second-order valence-electron chi connectivity index (χ2n) is 24.1. The Morgan fingerprint density at radius 1 is 0.395 bits per heavy atom. The first-order chi connectivity index (χ1) is 36.1. The molecule has 0 aliphatic heterocycles. The van der Waals surface area contributed by atoms with Crippen LogP contribution < -0.4 is 26.2 Å². The zero-order valence-electron chi connectivity index (χ0n) is 49.8. The molecule has 0 aromatic carbocycles. The molecule has 13 heteroatoms. The van der Waals surface area contributed by atoms with Gasteiger partial charge in [-0.2, -0.15) is 0 Å². The van der Waals surface area contributed by atoms with E-state index in [1.165, 1.54) is 103 Å². The summed E-state index contributed by atoms with van der Waals surface area (Å²) in [5.74, 6) is -0.613. The number of hydrogen-bond acceptors (Lipinski definition) is 9. The maximum absolute atomic E-state index is 13.2. The van der Waals surface area contributed by atoms with E-state index in [2.05, 4.69) is 50.6 Å². The van der Waals surface area contributed by atoms with Crippen molar-refractivity contribution in [2.75, 3.05) is 0 Å². The van der Waals surface area contributed by atoms with Crippen LogP contribution in [0.1, 0.15) is 317 Å². The van der Waals surface area contributed by atoms with Gasteiger partial charge in [-0.3, -0.25) is 14.4 Å². The molecule has 0 heterocycles. The normalized spacial score (nSPS) is 21.5. The van der Waals surface area contributed by atoms with Gasteiger partial charge in [0, 0.05) is 42.9 Å². The zero-order chi connectivity index (χ0) is 55.3. The number of rotatable bonds is 40. The van der Waals surface area contributed by atoms with Crippen LogP contribution in [0.5, 0.6) is 0 Å². The molecule has 2 unspecified atom stereocenters. The van der Waals surface area contributed by atoms with E-state index < -0.39 is 17.9 Å². The first-order valence-electron chi connectivity index (χ1n) is 31.8. The predicted octanol–water partition coefficient (Wildman–Crippen LogP) is 12.0. The third-order valence-electron chi connectivity index (χ3n) is 16.5. The predicted molar refractivity (Wildman–Crippen MR) is 309 cm³/mol. The monoisotopic (exact) mass is 1100 g/mol. The van der Waals surface area contributed by atoms with Crippen molar-refractivity contribution in [2.24, 2.45) is 23.7 Å². The number of carbonyl (C=O) groups excluding carboxylic acids is 5. The molecule has 0 spiro atoms. The van der Waals surface area contributed by atoms with Gasteiger partial charge in [-0.25, -0.2) is 0 Å². The number of unbranched alkanes of at least 4 members (excludes halogenated alkanes) is 20. The fourth-order valence-corrected chi connectivity index (χ4v) is 11.1.